The van der Waals surface area contributed by atoms with Crippen molar-refractivity contribution in [2.75, 3.05) is 7.11 Å². The van der Waals surface area contributed by atoms with E-state index >= 15 is 0 Å². The van der Waals surface area contributed by atoms with E-state index in [-0.39, 0.29) is 12.2 Å². The van der Waals surface area contributed by atoms with Crippen molar-refractivity contribution in [1.82, 2.24) is 0 Å². The van der Waals surface area contributed by atoms with Crippen molar-refractivity contribution in [2.24, 2.45) is 0 Å². The van der Waals surface area contributed by atoms with E-state index in [1.165, 1.54) is 19.2 Å². The van der Waals surface area contributed by atoms with E-state index in [1.54, 1.807) is 0 Å². The van der Waals surface area contributed by atoms with Crippen LogP contribution >= 0.6 is 0 Å². The number of ether oxygens (including phenoxy) is 1. The number of hydrogen-bond acceptors (Lipinski definition) is 2. The minimum Gasteiger partial charge on any atom is -0.491 e. The summed E-state index contributed by atoms with van der Waals surface area (Å²) >= 11 is 0. The molecule has 14 heavy (non-hydrogen) atoms. The van der Waals surface area contributed by atoms with Crippen molar-refractivity contribution < 1.29 is 13.5 Å². The molecule has 2 nitrogen and oxygen atoms in total. The Morgan fingerprint density at radius 3 is 2.36 bits per heavy atom. The van der Waals surface area contributed by atoms with Crippen molar-refractivity contribution in [1.29, 1.82) is 5.26 Å². The lowest BCUT2D eigenvalue weighted by Crippen LogP contribution is -1.95. The first kappa shape index (κ1) is 10.5. The fraction of sp³-hybridized carbons (Fsp3) is 0.300. The number of halogens is 2. The first-order valence-corrected chi connectivity index (χ1v) is 4.08. The molecule has 1 aromatic rings. The number of methoxy groups -OCH3 is 1. The summed E-state index contributed by atoms with van der Waals surface area (Å²) < 4.78 is 30.7. The highest BCUT2D eigenvalue weighted by Gasteiger charge is 2.10. The summed E-state index contributed by atoms with van der Waals surface area (Å²) in [6.07, 6.45) is 0.583. The van der Waals surface area contributed by atoms with Gasteiger partial charge in [0.1, 0.15) is 0 Å². The van der Waals surface area contributed by atoms with Gasteiger partial charge < -0.3 is 4.74 Å². The van der Waals surface area contributed by atoms with Crippen LogP contribution in [-0.4, -0.2) is 7.11 Å². The molecule has 74 valence electrons. The van der Waals surface area contributed by atoms with Gasteiger partial charge in [-0.3, -0.25) is 0 Å². The highest BCUT2D eigenvalue weighted by molar-refractivity contribution is 5.31. The molecule has 0 atom stereocenters. The summed E-state index contributed by atoms with van der Waals surface area (Å²) in [6, 6.07) is 4.27. The first-order valence-electron chi connectivity index (χ1n) is 4.08. The van der Waals surface area contributed by atoms with Crippen molar-refractivity contribution >= 4 is 0 Å². The third-order valence-corrected chi connectivity index (χ3v) is 1.79. The summed E-state index contributed by atoms with van der Waals surface area (Å²) in [5.74, 6) is -1.86. The third kappa shape index (κ3) is 2.19. The zero-order valence-corrected chi connectivity index (χ0v) is 7.68. The number of nitriles is 1. The lowest BCUT2D eigenvalue weighted by molar-refractivity contribution is 0.359. The molecule has 1 rings (SSSR count). The van der Waals surface area contributed by atoms with E-state index in [0.29, 0.717) is 12.0 Å². The zero-order chi connectivity index (χ0) is 10.6. The summed E-state index contributed by atoms with van der Waals surface area (Å²) in [7, 11) is 1.20. The molecule has 0 radical (unpaired) electrons. The molecule has 0 aromatic heterocycles. The number of aryl methyl sites for hydroxylation is 1. The molecule has 0 heterocycles. The Morgan fingerprint density at radius 1 is 1.36 bits per heavy atom. The maximum Gasteiger partial charge on any atom is 0.190 e. The standard InChI is InChI=1S/C10H9F2NO/c1-14-10-8(11)5-7(3-2-4-13)6-9(10)12/h5-6H,2-3H2,1H3. The van der Waals surface area contributed by atoms with Crippen molar-refractivity contribution in [3.05, 3.63) is 29.3 Å². The summed E-state index contributed by atoms with van der Waals surface area (Å²) in [4.78, 5) is 0. The Labute approximate surface area is 80.7 Å². The average Bonchev–Trinajstić information content (AvgIpc) is 2.14. The van der Waals surface area contributed by atoms with E-state index < -0.39 is 11.6 Å². The van der Waals surface area contributed by atoms with Crippen LogP contribution in [0, 0.1) is 23.0 Å². The molecule has 0 aliphatic rings. The second kappa shape index (κ2) is 4.56. The van der Waals surface area contributed by atoms with Gasteiger partial charge in [-0.2, -0.15) is 5.26 Å². The van der Waals surface area contributed by atoms with Crippen LogP contribution in [0.3, 0.4) is 0 Å². The Kier molecular flexibility index (Phi) is 3.41. The van der Waals surface area contributed by atoms with Gasteiger partial charge in [-0.05, 0) is 24.1 Å². The molecule has 0 N–H and O–H groups in total. The fourth-order valence-corrected chi connectivity index (χ4v) is 1.15. The molecular formula is C10H9F2NO. The molecule has 0 unspecified atom stereocenters. The molecule has 0 spiro atoms. The van der Waals surface area contributed by atoms with Crippen LogP contribution in [0.25, 0.3) is 0 Å². The van der Waals surface area contributed by atoms with Gasteiger partial charge >= 0.3 is 0 Å². The molecule has 1 aromatic carbocycles. The zero-order valence-electron chi connectivity index (χ0n) is 7.68. The number of rotatable bonds is 3. The number of hydrogen-bond donors (Lipinski definition) is 0. The summed E-state index contributed by atoms with van der Waals surface area (Å²) in [5, 5.41) is 8.30. The minimum atomic E-state index is -0.736. The second-order valence-corrected chi connectivity index (χ2v) is 2.75. The van der Waals surface area contributed by atoms with Crippen LogP contribution in [0.5, 0.6) is 5.75 Å². The van der Waals surface area contributed by atoms with E-state index in [2.05, 4.69) is 4.74 Å². The van der Waals surface area contributed by atoms with Gasteiger partial charge in [-0.1, -0.05) is 0 Å². The normalized spacial score (nSPS) is 9.57. The van der Waals surface area contributed by atoms with Gasteiger partial charge in [0, 0.05) is 6.42 Å². The quantitative estimate of drug-likeness (QED) is 0.745. The SMILES string of the molecule is COc1c(F)cc(CCC#N)cc1F. The van der Waals surface area contributed by atoms with Crippen LogP contribution in [0.15, 0.2) is 12.1 Å². The summed E-state index contributed by atoms with van der Waals surface area (Å²) in [5.41, 5.74) is 0.461. The Balaban J connectivity index is 2.97. The molecular weight excluding hydrogens is 188 g/mol. The van der Waals surface area contributed by atoms with Crippen molar-refractivity contribution in [3.63, 3.8) is 0 Å². The van der Waals surface area contributed by atoms with E-state index in [1.807, 2.05) is 6.07 Å². The van der Waals surface area contributed by atoms with E-state index in [4.69, 9.17) is 5.26 Å². The monoisotopic (exact) mass is 197 g/mol. The molecule has 0 fully saturated rings. The van der Waals surface area contributed by atoms with Gasteiger partial charge in [0.25, 0.3) is 0 Å². The molecule has 4 heteroatoms. The summed E-state index contributed by atoms with van der Waals surface area (Å²) in [6.45, 7) is 0. The third-order valence-electron chi connectivity index (χ3n) is 1.79. The fourth-order valence-electron chi connectivity index (χ4n) is 1.15. The number of benzene rings is 1. The Morgan fingerprint density at radius 2 is 1.93 bits per heavy atom. The topological polar surface area (TPSA) is 33.0 Å². The maximum atomic E-state index is 13.1. The van der Waals surface area contributed by atoms with Gasteiger partial charge in [-0.25, -0.2) is 8.78 Å². The first-order chi connectivity index (χ1) is 6.69. The van der Waals surface area contributed by atoms with Gasteiger partial charge in [0.2, 0.25) is 0 Å². The average molecular weight is 197 g/mol. The van der Waals surface area contributed by atoms with Crippen LogP contribution in [0.4, 0.5) is 8.78 Å². The minimum absolute atomic E-state index is 0.241. The molecule has 0 saturated heterocycles. The highest BCUT2D eigenvalue weighted by atomic mass is 19.1. The van der Waals surface area contributed by atoms with Crippen LogP contribution in [-0.2, 0) is 6.42 Å². The molecule has 0 bridgehead atoms. The molecule has 0 aliphatic carbocycles. The largest absolute Gasteiger partial charge is 0.491 e. The van der Waals surface area contributed by atoms with Gasteiger partial charge in [0.15, 0.2) is 17.4 Å². The second-order valence-electron chi connectivity index (χ2n) is 2.75. The van der Waals surface area contributed by atoms with Gasteiger partial charge in [-0.15, -0.1) is 0 Å². The van der Waals surface area contributed by atoms with Gasteiger partial charge in [0.05, 0.1) is 13.2 Å². The Bertz CT molecular complexity index is 348. The van der Waals surface area contributed by atoms with Crippen LogP contribution in [0.2, 0.25) is 0 Å². The predicted octanol–water partition coefficient (Wildman–Crippen LogP) is 2.43. The highest BCUT2D eigenvalue weighted by Crippen LogP contribution is 2.23. The molecule has 0 aliphatic heterocycles. The van der Waals surface area contributed by atoms with Crippen LogP contribution in [0.1, 0.15) is 12.0 Å². The smallest absolute Gasteiger partial charge is 0.190 e. The van der Waals surface area contributed by atoms with Crippen LogP contribution < -0.4 is 4.74 Å². The Hall–Kier alpha value is -1.63. The molecule has 0 saturated carbocycles. The van der Waals surface area contributed by atoms with Crippen molar-refractivity contribution in [2.45, 2.75) is 12.8 Å². The van der Waals surface area contributed by atoms with E-state index in [0.717, 1.165) is 0 Å². The predicted molar refractivity (Wildman–Crippen MR) is 46.8 cm³/mol. The van der Waals surface area contributed by atoms with E-state index in [9.17, 15) is 8.78 Å². The lowest BCUT2D eigenvalue weighted by Gasteiger charge is -2.05. The van der Waals surface area contributed by atoms with Crippen molar-refractivity contribution in [3.8, 4) is 11.8 Å². The lowest BCUT2D eigenvalue weighted by atomic mass is 10.1. The number of nitrogens with zero attached hydrogens (tertiary/aromatic N) is 1. The maximum absolute atomic E-state index is 13.1. The molecule has 0 amide bonds.